The van der Waals surface area contributed by atoms with Crippen LogP contribution in [0.3, 0.4) is 0 Å². The van der Waals surface area contributed by atoms with E-state index in [1.54, 1.807) is 6.08 Å². The van der Waals surface area contributed by atoms with Crippen LogP contribution in [0.25, 0.3) is 0 Å². The highest BCUT2D eigenvalue weighted by molar-refractivity contribution is 6.52. The van der Waals surface area contributed by atoms with Gasteiger partial charge in [-0.2, -0.15) is 0 Å². The third-order valence-electron chi connectivity index (χ3n) is 2.67. The average molecular weight is 219 g/mol. The van der Waals surface area contributed by atoms with Gasteiger partial charge >= 0.3 is 7.12 Å². The average Bonchev–Trinajstić information content (AvgIpc) is 2.61. The van der Waals surface area contributed by atoms with Crippen molar-refractivity contribution in [3.63, 3.8) is 0 Å². The molecule has 1 heterocycles. The van der Waals surface area contributed by atoms with Crippen LogP contribution in [0.1, 0.15) is 6.42 Å². The van der Waals surface area contributed by atoms with E-state index >= 15 is 0 Å². The van der Waals surface area contributed by atoms with Gasteiger partial charge in [-0.15, -0.1) is 0 Å². The van der Waals surface area contributed by atoms with Gasteiger partial charge in [0.15, 0.2) is 5.88 Å². The third kappa shape index (κ3) is 1.68. The molecule has 0 radical (unpaired) electrons. The Balaban J connectivity index is 2.32. The van der Waals surface area contributed by atoms with Crippen molar-refractivity contribution in [3.8, 4) is 0 Å². The predicted molar refractivity (Wildman–Crippen MR) is 61.9 cm³/mol. The van der Waals surface area contributed by atoms with Crippen LogP contribution in [-0.2, 0) is 4.74 Å². The largest absolute Gasteiger partial charge is 0.491 e. The smallest absolute Gasteiger partial charge is 0.441 e. The van der Waals surface area contributed by atoms with Crippen molar-refractivity contribution < 1.29 is 14.8 Å². The summed E-state index contributed by atoms with van der Waals surface area (Å²) in [6, 6.07) is 0. The molecular formula is C11H14BNO3. The summed E-state index contributed by atoms with van der Waals surface area (Å²) in [5, 5.41) is 18.4. The molecule has 5 heteroatoms. The molecular weight excluding hydrogens is 205 g/mol. The molecule has 0 aromatic heterocycles. The van der Waals surface area contributed by atoms with E-state index < -0.39 is 7.12 Å². The minimum atomic E-state index is -1.50. The quantitative estimate of drug-likeness (QED) is 0.666. The van der Waals surface area contributed by atoms with E-state index in [4.69, 9.17) is 4.74 Å². The van der Waals surface area contributed by atoms with Gasteiger partial charge in [-0.05, 0) is 12.0 Å². The molecule has 0 fully saturated rings. The summed E-state index contributed by atoms with van der Waals surface area (Å²) in [7, 11) is 2.22. The van der Waals surface area contributed by atoms with E-state index in [0.717, 1.165) is 11.1 Å². The van der Waals surface area contributed by atoms with E-state index in [0.29, 0.717) is 23.5 Å². The van der Waals surface area contributed by atoms with Crippen LogP contribution >= 0.6 is 0 Å². The number of ether oxygens (including phenoxy) is 1. The summed E-state index contributed by atoms with van der Waals surface area (Å²) in [5.41, 5.74) is 2.20. The molecule has 16 heavy (non-hydrogen) atoms. The van der Waals surface area contributed by atoms with Crippen LogP contribution < -0.4 is 0 Å². The normalized spacial score (nSPS) is 18.9. The molecule has 0 bridgehead atoms. The van der Waals surface area contributed by atoms with E-state index in [1.165, 1.54) is 0 Å². The molecule has 0 spiro atoms. The van der Waals surface area contributed by atoms with E-state index in [2.05, 4.69) is 6.58 Å². The van der Waals surface area contributed by atoms with Crippen LogP contribution in [-0.4, -0.2) is 36.2 Å². The van der Waals surface area contributed by atoms with Gasteiger partial charge in [0.2, 0.25) is 0 Å². The summed E-state index contributed by atoms with van der Waals surface area (Å²) < 4.78 is 5.63. The van der Waals surface area contributed by atoms with Gasteiger partial charge in [0.1, 0.15) is 5.76 Å². The topological polar surface area (TPSA) is 52.9 Å². The number of hydrogen-bond donors (Lipinski definition) is 2. The van der Waals surface area contributed by atoms with Gasteiger partial charge in [0.25, 0.3) is 0 Å². The van der Waals surface area contributed by atoms with E-state index in [9.17, 15) is 10.0 Å². The summed E-state index contributed by atoms with van der Waals surface area (Å²) in [6.45, 7) is 3.95. The third-order valence-corrected chi connectivity index (χ3v) is 2.67. The van der Waals surface area contributed by atoms with Gasteiger partial charge < -0.3 is 19.7 Å². The molecule has 0 saturated carbocycles. The number of nitrogens with zero attached hydrogens (tertiary/aromatic N) is 1. The summed E-state index contributed by atoms with van der Waals surface area (Å²) in [6.07, 6.45) is 4.24. The first-order valence-electron chi connectivity index (χ1n) is 5.06. The zero-order chi connectivity index (χ0) is 11.9. The molecule has 2 aliphatic rings. The fourth-order valence-corrected chi connectivity index (χ4v) is 1.78. The maximum atomic E-state index is 9.21. The van der Waals surface area contributed by atoms with E-state index in [1.807, 2.05) is 25.1 Å². The molecule has 2 rings (SSSR count). The molecule has 0 aromatic rings. The fourth-order valence-electron chi connectivity index (χ4n) is 1.78. The van der Waals surface area contributed by atoms with Crippen molar-refractivity contribution in [2.75, 3.05) is 14.1 Å². The second kappa shape index (κ2) is 3.85. The first kappa shape index (κ1) is 11.0. The van der Waals surface area contributed by atoms with Crippen LogP contribution in [0, 0.1) is 0 Å². The Labute approximate surface area is 95.0 Å². The highest BCUT2D eigenvalue weighted by Gasteiger charge is 2.32. The Bertz CT molecular complexity index is 433. The fraction of sp³-hybridized carbons (Fsp3) is 0.273. The molecule has 4 nitrogen and oxygen atoms in total. The molecule has 0 saturated heterocycles. The maximum Gasteiger partial charge on any atom is 0.491 e. The molecule has 0 amide bonds. The summed E-state index contributed by atoms with van der Waals surface area (Å²) in [5.74, 6) is 1.18. The van der Waals surface area contributed by atoms with Gasteiger partial charge in [0, 0.05) is 31.2 Å². The van der Waals surface area contributed by atoms with Crippen LogP contribution in [0.4, 0.5) is 0 Å². The summed E-state index contributed by atoms with van der Waals surface area (Å²) in [4.78, 5) is 1.81. The van der Waals surface area contributed by atoms with Gasteiger partial charge in [0.05, 0.1) is 0 Å². The van der Waals surface area contributed by atoms with Crippen molar-refractivity contribution in [1.29, 1.82) is 0 Å². The Hall–Kier alpha value is -1.46. The first-order chi connectivity index (χ1) is 7.50. The lowest BCUT2D eigenvalue weighted by Crippen LogP contribution is -2.22. The van der Waals surface area contributed by atoms with Gasteiger partial charge in [-0.3, -0.25) is 0 Å². The second-order valence-corrected chi connectivity index (χ2v) is 4.05. The zero-order valence-corrected chi connectivity index (χ0v) is 9.40. The Kier molecular flexibility index (Phi) is 2.65. The van der Waals surface area contributed by atoms with E-state index in [-0.39, 0.29) is 0 Å². The SMILES string of the molecule is C=C1C=C(N(C)C)OC2=C1CC=C2B(O)O. The van der Waals surface area contributed by atoms with Crippen molar-refractivity contribution in [2.45, 2.75) is 6.42 Å². The van der Waals surface area contributed by atoms with Crippen LogP contribution in [0.2, 0.25) is 0 Å². The standard InChI is InChI=1S/C11H14BNO3/c1-7-6-10(13(2)3)16-11-8(7)4-5-9(11)12(14)15/h5-6,14-15H,1,4H2,2-3H3. The monoisotopic (exact) mass is 219 g/mol. The molecule has 2 N–H and O–H groups in total. The van der Waals surface area contributed by atoms with Crippen molar-refractivity contribution in [1.82, 2.24) is 4.90 Å². The number of allylic oxidation sites excluding steroid dienone is 5. The minimum Gasteiger partial charge on any atom is -0.441 e. The lowest BCUT2D eigenvalue weighted by Gasteiger charge is -2.25. The van der Waals surface area contributed by atoms with Crippen LogP contribution in [0.5, 0.6) is 0 Å². The molecule has 0 atom stereocenters. The second-order valence-electron chi connectivity index (χ2n) is 4.05. The van der Waals surface area contributed by atoms with Crippen LogP contribution in [0.15, 0.2) is 47.0 Å². The molecule has 1 aliphatic carbocycles. The lowest BCUT2D eigenvalue weighted by molar-refractivity contribution is 0.206. The Morgan fingerprint density at radius 2 is 2.12 bits per heavy atom. The van der Waals surface area contributed by atoms with Crippen molar-refractivity contribution in [2.24, 2.45) is 0 Å². The highest BCUT2D eigenvalue weighted by atomic mass is 16.5. The molecule has 1 aliphatic heterocycles. The number of rotatable bonds is 2. The van der Waals surface area contributed by atoms with Gasteiger partial charge in [-0.25, -0.2) is 0 Å². The molecule has 0 aromatic carbocycles. The van der Waals surface area contributed by atoms with Crippen molar-refractivity contribution >= 4 is 7.12 Å². The number of hydrogen-bond acceptors (Lipinski definition) is 4. The highest BCUT2D eigenvalue weighted by Crippen LogP contribution is 2.37. The first-order valence-corrected chi connectivity index (χ1v) is 5.06. The Morgan fingerprint density at radius 1 is 1.44 bits per heavy atom. The lowest BCUT2D eigenvalue weighted by atomic mass is 9.78. The van der Waals surface area contributed by atoms with Crippen molar-refractivity contribution in [3.05, 3.63) is 47.0 Å². The zero-order valence-electron chi connectivity index (χ0n) is 9.40. The predicted octanol–water partition coefficient (Wildman–Crippen LogP) is 0.572. The molecule has 84 valence electrons. The Morgan fingerprint density at radius 3 is 2.69 bits per heavy atom. The minimum absolute atomic E-state index is 0.420. The van der Waals surface area contributed by atoms with Gasteiger partial charge in [-0.1, -0.05) is 12.7 Å². The maximum absolute atomic E-state index is 9.21. The summed E-state index contributed by atoms with van der Waals surface area (Å²) >= 11 is 0. The molecule has 0 unspecified atom stereocenters.